The summed E-state index contributed by atoms with van der Waals surface area (Å²) in [4.78, 5) is 28.9. The van der Waals surface area contributed by atoms with Crippen LogP contribution >= 0.6 is 0 Å². The van der Waals surface area contributed by atoms with Crippen LogP contribution in [0, 0.1) is 12.7 Å². The van der Waals surface area contributed by atoms with Crippen LogP contribution < -0.4 is 10.3 Å². The van der Waals surface area contributed by atoms with Crippen molar-refractivity contribution in [1.29, 1.82) is 0 Å². The molecule has 0 radical (unpaired) electrons. The van der Waals surface area contributed by atoms with Crippen molar-refractivity contribution in [3.63, 3.8) is 0 Å². The van der Waals surface area contributed by atoms with Crippen LogP contribution in [0.4, 0.5) is 4.39 Å². The van der Waals surface area contributed by atoms with E-state index in [0.717, 1.165) is 0 Å². The van der Waals surface area contributed by atoms with Gasteiger partial charge in [-0.3, -0.25) is 4.79 Å². The predicted octanol–water partition coefficient (Wildman–Crippen LogP) is 1.59. The van der Waals surface area contributed by atoms with Crippen LogP contribution in [0.25, 0.3) is 11.4 Å². The number of aromatic nitrogens is 2. The van der Waals surface area contributed by atoms with E-state index in [-0.39, 0.29) is 22.8 Å². The molecule has 6 nitrogen and oxygen atoms in total. The molecule has 0 atom stereocenters. The summed E-state index contributed by atoms with van der Waals surface area (Å²) in [5.41, 5.74) is -1.33. The summed E-state index contributed by atoms with van der Waals surface area (Å²) in [5, 5.41) is 8.90. The molecule has 1 heterocycles. The van der Waals surface area contributed by atoms with Crippen molar-refractivity contribution in [2.24, 2.45) is 0 Å². The van der Waals surface area contributed by atoms with E-state index in [4.69, 9.17) is 9.84 Å². The molecular formula is C13H11FN2O4. The summed E-state index contributed by atoms with van der Waals surface area (Å²) in [6.45, 7) is 1.37. The van der Waals surface area contributed by atoms with Gasteiger partial charge in [0.05, 0.1) is 18.4 Å². The Balaban J connectivity index is 2.73. The van der Waals surface area contributed by atoms with E-state index in [1.54, 1.807) is 0 Å². The SMILES string of the molecule is COc1cccc(F)c1-c1nc(C)c(C(=O)O)c(=O)[nH]1. The number of carbonyl (C=O) groups is 1. The average molecular weight is 278 g/mol. The van der Waals surface area contributed by atoms with Gasteiger partial charge in [0, 0.05) is 0 Å². The maximum absolute atomic E-state index is 13.9. The molecule has 1 aromatic carbocycles. The van der Waals surface area contributed by atoms with Crippen molar-refractivity contribution >= 4 is 5.97 Å². The predicted molar refractivity (Wildman–Crippen MR) is 68.5 cm³/mol. The minimum Gasteiger partial charge on any atom is -0.496 e. The van der Waals surface area contributed by atoms with Crippen LogP contribution in [0.3, 0.4) is 0 Å². The second-order valence-corrected chi connectivity index (χ2v) is 4.00. The van der Waals surface area contributed by atoms with Gasteiger partial charge in [-0.2, -0.15) is 0 Å². The summed E-state index contributed by atoms with van der Waals surface area (Å²) >= 11 is 0. The molecule has 2 rings (SSSR count). The number of hydrogen-bond acceptors (Lipinski definition) is 4. The molecule has 1 aromatic heterocycles. The van der Waals surface area contributed by atoms with Crippen molar-refractivity contribution in [1.82, 2.24) is 9.97 Å². The van der Waals surface area contributed by atoms with Crippen LogP contribution in [0.1, 0.15) is 16.1 Å². The third-order valence-electron chi connectivity index (χ3n) is 2.75. The summed E-state index contributed by atoms with van der Waals surface area (Å²) in [6.07, 6.45) is 0. The first-order chi connectivity index (χ1) is 9.45. The zero-order valence-corrected chi connectivity index (χ0v) is 10.7. The minimum absolute atomic E-state index is 0.00144. The molecule has 7 heteroatoms. The molecule has 104 valence electrons. The quantitative estimate of drug-likeness (QED) is 0.889. The lowest BCUT2D eigenvalue weighted by atomic mass is 10.1. The Bertz CT molecular complexity index is 740. The molecule has 0 amide bonds. The fourth-order valence-corrected chi connectivity index (χ4v) is 1.86. The van der Waals surface area contributed by atoms with Gasteiger partial charge in [0.2, 0.25) is 0 Å². The summed E-state index contributed by atoms with van der Waals surface area (Å²) in [5.74, 6) is -1.90. The Labute approximate surface area is 112 Å². The number of nitrogens with one attached hydrogen (secondary N) is 1. The zero-order chi connectivity index (χ0) is 14.9. The average Bonchev–Trinajstić information content (AvgIpc) is 2.36. The molecule has 2 N–H and O–H groups in total. The molecule has 2 aromatic rings. The third kappa shape index (κ3) is 2.25. The van der Waals surface area contributed by atoms with E-state index in [9.17, 15) is 14.0 Å². The number of halogens is 1. The first-order valence-electron chi connectivity index (χ1n) is 5.62. The highest BCUT2D eigenvalue weighted by molar-refractivity contribution is 5.88. The topological polar surface area (TPSA) is 92.3 Å². The van der Waals surface area contributed by atoms with Gasteiger partial charge in [0.15, 0.2) is 0 Å². The van der Waals surface area contributed by atoms with Gasteiger partial charge < -0.3 is 14.8 Å². The number of carboxylic acid groups (broad SMARTS) is 1. The number of H-pyrrole nitrogens is 1. The number of aromatic amines is 1. The molecule has 20 heavy (non-hydrogen) atoms. The molecule has 0 unspecified atom stereocenters. The van der Waals surface area contributed by atoms with Gasteiger partial charge in [0.1, 0.15) is 23.0 Å². The molecule has 0 aliphatic rings. The summed E-state index contributed by atoms with van der Waals surface area (Å²) in [7, 11) is 1.36. The second kappa shape index (κ2) is 5.12. The number of aryl methyl sites for hydroxylation is 1. The van der Waals surface area contributed by atoms with Crippen LogP contribution in [0.5, 0.6) is 5.75 Å². The van der Waals surface area contributed by atoms with Crippen molar-refractivity contribution in [3.05, 3.63) is 45.6 Å². The van der Waals surface area contributed by atoms with E-state index in [1.165, 1.54) is 32.2 Å². The number of aromatic carboxylic acids is 1. The van der Waals surface area contributed by atoms with E-state index in [2.05, 4.69) is 9.97 Å². The zero-order valence-electron chi connectivity index (χ0n) is 10.7. The highest BCUT2D eigenvalue weighted by Crippen LogP contribution is 2.29. The maximum atomic E-state index is 13.9. The largest absolute Gasteiger partial charge is 0.496 e. The molecular weight excluding hydrogens is 267 g/mol. The highest BCUT2D eigenvalue weighted by atomic mass is 19.1. The first-order valence-corrected chi connectivity index (χ1v) is 5.62. The molecule has 0 fully saturated rings. The number of methoxy groups -OCH3 is 1. The van der Waals surface area contributed by atoms with Crippen LogP contribution in [0.2, 0.25) is 0 Å². The lowest BCUT2D eigenvalue weighted by Crippen LogP contribution is -2.21. The van der Waals surface area contributed by atoms with Gasteiger partial charge in [-0.1, -0.05) is 6.07 Å². The highest BCUT2D eigenvalue weighted by Gasteiger charge is 2.19. The maximum Gasteiger partial charge on any atom is 0.343 e. The van der Waals surface area contributed by atoms with Gasteiger partial charge in [-0.05, 0) is 19.1 Å². The number of hydrogen-bond donors (Lipinski definition) is 2. The van der Waals surface area contributed by atoms with Crippen LogP contribution in [0.15, 0.2) is 23.0 Å². The van der Waals surface area contributed by atoms with Gasteiger partial charge in [0.25, 0.3) is 5.56 Å². The monoisotopic (exact) mass is 278 g/mol. The minimum atomic E-state index is -1.39. The summed E-state index contributed by atoms with van der Waals surface area (Å²) in [6, 6.07) is 4.16. The first kappa shape index (κ1) is 13.7. The molecule has 0 saturated heterocycles. The lowest BCUT2D eigenvalue weighted by Gasteiger charge is -2.10. The van der Waals surface area contributed by atoms with Crippen molar-refractivity contribution in [2.75, 3.05) is 7.11 Å². The van der Waals surface area contributed by atoms with Gasteiger partial charge in [-0.25, -0.2) is 14.2 Å². The van der Waals surface area contributed by atoms with Crippen molar-refractivity contribution in [3.8, 4) is 17.1 Å². The van der Waals surface area contributed by atoms with Gasteiger partial charge in [-0.15, -0.1) is 0 Å². The molecule has 0 bridgehead atoms. The van der Waals surface area contributed by atoms with Crippen molar-refractivity contribution in [2.45, 2.75) is 6.92 Å². The normalized spacial score (nSPS) is 10.3. The van der Waals surface area contributed by atoms with Crippen LogP contribution in [-0.2, 0) is 0 Å². The Morgan fingerprint density at radius 3 is 2.70 bits per heavy atom. The van der Waals surface area contributed by atoms with Gasteiger partial charge >= 0.3 is 5.97 Å². The fraction of sp³-hybridized carbons (Fsp3) is 0.154. The number of ether oxygens (including phenoxy) is 1. The molecule has 0 aliphatic carbocycles. The molecule has 0 spiro atoms. The molecule has 0 saturated carbocycles. The Morgan fingerprint density at radius 2 is 2.15 bits per heavy atom. The lowest BCUT2D eigenvalue weighted by molar-refractivity contribution is 0.0693. The number of carboxylic acids is 1. The Morgan fingerprint density at radius 1 is 1.45 bits per heavy atom. The second-order valence-electron chi connectivity index (χ2n) is 4.00. The van der Waals surface area contributed by atoms with Crippen LogP contribution in [-0.4, -0.2) is 28.2 Å². The van der Waals surface area contributed by atoms with E-state index in [0.29, 0.717) is 0 Å². The smallest absolute Gasteiger partial charge is 0.343 e. The number of nitrogens with zero attached hydrogens (tertiary/aromatic N) is 1. The fourth-order valence-electron chi connectivity index (χ4n) is 1.86. The Kier molecular flexibility index (Phi) is 3.51. The van der Waals surface area contributed by atoms with Crippen molar-refractivity contribution < 1.29 is 19.0 Å². The van der Waals surface area contributed by atoms with E-state index >= 15 is 0 Å². The summed E-state index contributed by atoms with van der Waals surface area (Å²) < 4.78 is 18.9. The number of benzene rings is 1. The standard InChI is InChI=1S/C13H11FN2O4/c1-6-9(13(18)19)12(17)16-11(15-6)10-7(14)4-3-5-8(10)20-2/h3-5H,1-2H3,(H,18,19)(H,15,16,17). The van der Waals surface area contributed by atoms with E-state index in [1.807, 2.05) is 0 Å². The Hall–Kier alpha value is -2.70. The van der Waals surface area contributed by atoms with E-state index < -0.39 is 22.9 Å². The molecule has 0 aliphatic heterocycles. The third-order valence-corrected chi connectivity index (χ3v) is 2.75. The number of rotatable bonds is 3.